The minimum Gasteiger partial charge on any atom is -0.480 e. The molecule has 0 aromatic carbocycles. The average molecular weight is 371 g/mol. The molecule has 0 aliphatic heterocycles. The van der Waals surface area contributed by atoms with E-state index in [1.165, 1.54) is 0 Å². The van der Waals surface area contributed by atoms with Crippen LogP contribution in [0.25, 0.3) is 0 Å². The molecule has 0 aromatic rings. The summed E-state index contributed by atoms with van der Waals surface area (Å²) in [5, 5.41) is 15.1. The third-order valence-electron chi connectivity index (χ3n) is 4.44. The molecule has 148 valence electrons. The number of nitrogens with one attached hydrogen (secondary N) is 3. The first-order chi connectivity index (χ1) is 12.4. The van der Waals surface area contributed by atoms with E-state index < -0.39 is 30.4 Å². The molecule has 1 fully saturated rings. The summed E-state index contributed by atoms with van der Waals surface area (Å²) >= 11 is 0. The second-order valence-electron chi connectivity index (χ2n) is 6.47. The lowest BCUT2D eigenvalue weighted by molar-refractivity contribution is -0.137. The first-order valence-electron chi connectivity index (χ1n) is 9.04. The van der Waals surface area contributed by atoms with Crippen LogP contribution < -0.4 is 16.0 Å². The van der Waals surface area contributed by atoms with E-state index in [0.717, 1.165) is 25.7 Å². The van der Waals surface area contributed by atoms with Gasteiger partial charge in [0.25, 0.3) is 0 Å². The lowest BCUT2D eigenvalue weighted by Crippen LogP contribution is -2.43. The number of rotatable bonds is 12. The van der Waals surface area contributed by atoms with E-state index in [4.69, 9.17) is 9.84 Å². The highest BCUT2D eigenvalue weighted by molar-refractivity contribution is 5.88. The number of hydrogen-bond acceptors (Lipinski definition) is 5. The molecule has 1 unspecified atom stereocenters. The van der Waals surface area contributed by atoms with E-state index in [9.17, 15) is 19.2 Å². The highest BCUT2D eigenvalue weighted by Crippen LogP contribution is 2.51. The van der Waals surface area contributed by atoms with Crippen molar-refractivity contribution in [3.05, 3.63) is 0 Å². The van der Waals surface area contributed by atoms with E-state index in [2.05, 4.69) is 29.8 Å². The topological polar surface area (TPSA) is 134 Å². The Kier molecular flexibility index (Phi) is 9.46. The molecule has 0 radical (unpaired) electrons. The van der Waals surface area contributed by atoms with Crippen LogP contribution in [0.2, 0.25) is 0 Å². The molecule has 1 rings (SSSR count). The number of amides is 3. The summed E-state index contributed by atoms with van der Waals surface area (Å²) < 4.78 is 5.19. The van der Waals surface area contributed by atoms with Gasteiger partial charge in [0.05, 0.1) is 13.2 Å². The van der Waals surface area contributed by atoms with Gasteiger partial charge in [-0.2, -0.15) is 0 Å². The number of aliphatic carboxylic acids is 1. The van der Waals surface area contributed by atoms with Gasteiger partial charge in [-0.05, 0) is 17.8 Å². The molecule has 0 spiro atoms. The van der Waals surface area contributed by atoms with Crippen LogP contribution in [0.4, 0.5) is 4.79 Å². The largest absolute Gasteiger partial charge is 0.480 e. The Labute approximate surface area is 153 Å². The number of carbonyl (C=O) groups is 4. The average Bonchev–Trinajstić information content (AvgIpc) is 3.25. The van der Waals surface area contributed by atoms with Crippen molar-refractivity contribution in [3.8, 4) is 0 Å². The summed E-state index contributed by atoms with van der Waals surface area (Å²) in [6.45, 7) is 3.46. The van der Waals surface area contributed by atoms with Crippen LogP contribution in [-0.4, -0.2) is 55.2 Å². The second-order valence-corrected chi connectivity index (χ2v) is 6.47. The Morgan fingerprint density at radius 2 is 1.31 bits per heavy atom. The van der Waals surface area contributed by atoms with Crippen LogP contribution in [0.5, 0.6) is 0 Å². The lowest BCUT2D eigenvalue weighted by Gasteiger charge is -2.08. The molecular formula is C17H29N3O6. The fourth-order valence-electron chi connectivity index (χ4n) is 3.15. The monoisotopic (exact) mass is 371 g/mol. The molecule has 9 heteroatoms. The van der Waals surface area contributed by atoms with Gasteiger partial charge >= 0.3 is 12.1 Å². The first-order valence-corrected chi connectivity index (χ1v) is 9.04. The highest BCUT2D eigenvalue weighted by Gasteiger charge is 2.48. The van der Waals surface area contributed by atoms with Gasteiger partial charge in [-0.15, -0.1) is 0 Å². The summed E-state index contributed by atoms with van der Waals surface area (Å²) in [6.07, 6.45) is 3.87. The zero-order valence-electron chi connectivity index (χ0n) is 15.4. The summed E-state index contributed by atoms with van der Waals surface area (Å²) in [7, 11) is 0. The smallest absolute Gasteiger partial charge is 0.407 e. The van der Waals surface area contributed by atoms with Gasteiger partial charge in [0.1, 0.15) is 13.1 Å². The maximum atomic E-state index is 11.7. The number of carboxylic acids is 1. The normalized spacial score (nSPS) is 20.8. The Balaban J connectivity index is 2.15. The molecule has 0 saturated heterocycles. The molecule has 4 N–H and O–H groups in total. The predicted molar refractivity (Wildman–Crippen MR) is 93.3 cm³/mol. The van der Waals surface area contributed by atoms with Crippen LogP contribution in [0.3, 0.4) is 0 Å². The number of ether oxygens (including phenoxy) is 1. The van der Waals surface area contributed by atoms with Gasteiger partial charge in [0, 0.05) is 0 Å². The van der Waals surface area contributed by atoms with Crippen molar-refractivity contribution in [1.82, 2.24) is 16.0 Å². The summed E-state index contributed by atoms with van der Waals surface area (Å²) in [6, 6.07) is 0. The SMILES string of the molecule is CCC[C@@H]1C(COC(=O)NCC(=O)NCC(=O)NCC(=O)O)[C@@H]1CCC. The molecule has 3 atom stereocenters. The Morgan fingerprint density at radius 1 is 0.808 bits per heavy atom. The molecule has 3 amide bonds. The molecule has 1 aliphatic carbocycles. The lowest BCUT2D eigenvalue weighted by atomic mass is 10.1. The maximum absolute atomic E-state index is 11.7. The summed E-state index contributed by atoms with van der Waals surface area (Å²) in [4.78, 5) is 44.7. The number of carbonyl (C=O) groups excluding carboxylic acids is 3. The van der Waals surface area contributed by atoms with Crippen molar-refractivity contribution in [1.29, 1.82) is 0 Å². The van der Waals surface area contributed by atoms with Crippen LogP contribution >= 0.6 is 0 Å². The fourth-order valence-corrected chi connectivity index (χ4v) is 3.15. The Bertz CT molecular complexity index is 499. The maximum Gasteiger partial charge on any atom is 0.407 e. The van der Waals surface area contributed by atoms with Gasteiger partial charge in [0.2, 0.25) is 11.8 Å². The van der Waals surface area contributed by atoms with E-state index in [0.29, 0.717) is 24.4 Å². The second kappa shape index (κ2) is 11.3. The van der Waals surface area contributed by atoms with Crippen molar-refractivity contribution >= 4 is 23.9 Å². The quantitative estimate of drug-likeness (QED) is 0.394. The Hall–Kier alpha value is -2.32. The van der Waals surface area contributed by atoms with Crippen molar-refractivity contribution in [2.45, 2.75) is 39.5 Å². The molecule has 26 heavy (non-hydrogen) atoms. The van der Waals surface area contributed by atoms with Crippen molar-refractivity contribution in [3.63, 3.8) is 0 Å². The fraction of sp³-hybridized carbons (Fsp3) is 0.765. The zero-order valence-corrected chi connectivity index (χ0v) is 15.4. The van der Waals surface area contributed by atoms with E-state index in [1.807, 2.05) is 0 Å². The van der Waals surface area contributed by atoms with Crippen LogP contribution in [0.15, 0.2) is 0 Å². The van der Waals surface area contributed by atoms with E-state index in [-0.39, 0.29) is 13.1 Å². The van der Waals surface area contributed by atoms with E-state index >= 15 is 0 Å². The highest BCUT2D eigenvalue weighted by atomic mass is 16.5. The molecular weight excluding hydrogens is 342 g/mol. The van der Waals surface area contributed by atoms with E-state index in [1.54, 1.807) is 0 Å². The predicted octanol–water partition coefficient (Wildman–Crippen LogP) is 0.492. The van der Waals surface area contributed by atoms with Gasteiger partial charge in [0.15, 0.2) is 0 Å². The number of alkyl carbamates (subject to hydrolysis) is 1. The van der Waals surface area contributed by atoms with Gasteiger partial charge in [-0.25, -0.2) is 4.79 Å². The Morgan fingerprint density at radius 3 is 1.81 bits per heavy atom. The van der Waals surface area contributed by atoms with Crippen LogP contribution in [-0.2, 0) is 19.1 Å². The molecule has 0 heterocycles. The van der Waals surface area contributed by atoms with Crippen molar-refractivity contribution in [2.24, 2.45) is 17.8 Å². The minimum atomic E-state index is -1.17. The number of carboxylic acid groups (broad SMARTS) is 1. The summed E-state index contributed by atoms with van der Waals surface area (Å²) in [5.41, 5.74) is 0. The zero-order chi connectivity index (χ0) is 19.5. The van der Waals surface area contributed by atoms with Crippen molar-refractivity contribution < 1.29 is 29.0 Å². The van der Waals surface area contributed by atoms with Gasteiger partial charge < -0.3 is 25.8 Å². The standard InChI is InChI=1S/C17H29N3O6/c1-3-5-11-12(6-4-2)13(11)10-26-17(25)20-8-15(22)18-7-14(21)19-9-16(23)24/h11-13H,3-10H2,1-2H3,(H,18,22)(H,19,21)(H,20,25)(H,23,24)/t11-,12+,13?. The minimum absolute atomic E-state index is 0.313. The third-order valence-corrected chi connectivity index (χ3v) is 4.44. The number of hydrogen-bond donors (Lipinski definition) is 4. The molecule has 9 nitrogen and oxygen atoms in total. The molecule has 0 bridgehead atoms. The molecule has 1 saturated carbocycles. The van der Waals surface area contributed by atoms with Crippen LogP contribution in [0.1, 0.15) is 39.5 Å². The van der Waals surface area contributed by atoms with Crippen LogP contribution in [0, 0.1) is 17.8 Å². The first kappa shape index (κ1) is 21.7. The molecule has 0 aromatic heterocycles. The van der Waals surface area contributed by atoms with Gasteiger partial charge in [-0.1, -0.05) is 39.5 Å². The summed E-state index contributed by atoms with van der Waals surface area (Å²) in [5.74, 6) is -0.701. The van der Waals surface area contributed by atoms with Gasteiger partial charge in [-0.3, -0.25) is 14.4 Å². The van der Waals surface area contributed by atoms with Crippen molar-refractivity contribution in [2.75, 3.05) is 26.2 Å². The third kappa shape index (κ3) is 8.17. The molecule has 1 aliphatic rings.